The number of benzene rings is 2. The van der Waals surface area contributed by atoms with Gasteiger partial charge < -0.3 is 10.6 Å². The molecule has 0 aromatic heterocycles. The lowest BCUT2D eigenvalue weighted by Gasteiger charge is -2.32. The summed E-state index contributed by atoms with van der Waals surface area (Å²) in [6.45, 7) is 3.05. The topological polar surface area (TPSA) is 53.0 Å². The molecule has 20 heavy (non-hydrogen) atoms. The second-order valence-corrected chi connectivity index (χ2v) is 5.28. The fourth-order valence-electron chi connectivity index (χ4n) is 2.85. The van der Waals surface area contributed by atoms with E-state index < -0.39 is 0 Å². The summed E-state index contributed by atoms with van der Waals surface area (Å²) in [6, 6.07) is 14.3. The lowest BCUT2D eigenvalue weighted by Crippen LogP contribution is -2.25. The van der Waals surface area contributed by atoms with Gasteiger partial charge in [0.25, 0.3) is 0 Å². The van der Waals surface area contributed by atoms with Crippen LogP contribution in [-0.4, -0.2) is 6.54 Å². The minimum atomic E-state index is 0.631. The van der Waals surface area contributed by atoms with Gasteiger partial charge in [0.15, 0.2) is 0 Å². The van der Waals surface area contributed by atoms with Crippen molar-refractivity contribution in [3.05, 3.63) is 53.1 Å². The standard InChI is InChI=1S/C17H17N3/c1-12-4-6-16-13(9-12)3-2-8-20(16)17-7-5-15(19)10-14(17)11-18/h4-7,9-10H,2-3,8,19H2,1H3. The molecule has 1 aliphatic heterocycles. The summed E-state index contributed by atoms with van der Waals surface area (Å²) in [6.07, 6.45) is 2.20. The molecule has 0 bridgehead atoms. The van der Waals surface area contributed by atoms with Crippen LogP contribution in [0.25, 0.3) is 0 Å². The largest absolute Gasteiger partial charge is 0.399 e. The number of hydrogen-bond donors (Lipinski definition) is 1. The quantitative estimate of drug-likeness (QED) is 0.801. The van der Waals surface area contributed by atoms with E-state index in [4.69, 9.17) is 5.73 Å². The number of aryl methyl sites for hydroxylation is 2. The molecule has 1 aliphatic rings. The normalized spacial score (nSPS) is 13.7. The van der Waals surface area contributed by atoms with Gasteiger partial charge in [0.05, 0.1) is 11.3 Å². The van der Waals surface area contributed by atoms with Gasteiger partial charge in [-0.15, -0.1) is 0 Å². The molecule has 0 saturated heterocycles. The first-order chi connectivity index (χ1) is 9.69. The lowest BCUT2D eigenvalue weighted by molar-refractivity contribution is 0.765. The number of fused-ring (bicyclic) bond motifs is 1. The molecule has 0 unspecified atom stereocenters. The zero-order valence-electron chi connectivity index (χ0n) is 11.6. The fourth-order valence-corrected chi connectivity index (χ4v) is 2.85. The molecule has 2 aromatic carbocycles. The molecule has 2 aromatic rings. The van der Waals surface area contributed by atoms with Gasteiger partial charge in [0, 0.05) is 17.9 Å². The summed E-state index contributed by atoms with van der Waals surface area (Å²) in [7, 11) is 0. The van der Waals surface area contributed by atoms with Gasteiger partial charge >= 0.3 is 0 Å². The highest BCUT2D eigenvalue weighted by Crippen LogP contribution is 2.36. The number of nitriles is 1. The first-order valence-corrected chi connectivity index (χ1v) is 6.86. The molecule has 2 N–H and O–H groups in total. The van der Waals surface area contributed by atoms with Crippen molar-refractivity contribution < 1.29 is 0 Å². The van der Waals surface area contributed by atoms with E-state index in [1.54, 1.807) is 6.07 Å². The molecule has 0 fully saturated rings. The summed E-state index contributed by atoms with van der Waals surface area (Å²) < 4.78 is 0. The lowest BCUT2D eigenvalue weighted by atomic mass is 9.98. The van der Waals surface area contributed by atoms with Gasteiger partial charge in [-0.1, -0.05) is 17.7 Å². The molecular weight excluding hydrogens is 246 g/mol. The van der Waals surface area contributed by atoms with Gasteiger partial charge in [-0.25, -0.2) is 0 Å². The number of nitrogens with zero attached hydrogens (tertiary/aromatic N) is 2. The van der Waals surface area contributed by atoms with E-state index in [2.05, 4.69) is 36.1 Å². The zero-order valence-corrected chi connectivity index (χ0v) is 11.6. The first-order valence-electron chi connectivity index (χ1n) is 6.86. The maximum atomic E-state index is 9.33. The second kappa shape index (κ2) is 4.90. The van der Waals surface area contributed by atoms with Crippen molar-refractivity contribution in [1.29, 1.82) is 5.26 Å². The summed E-state index contributed by atoms with van der Waals surface area (Å²) in [5, 5.41) is 9.33. The van der Waals surface area contributed by atoms with E-state index in [1.807, 2.05) is 12.1 Å². The van der Waals surface area contributed by atoms with Crippen LogP contribution in [-0.2, 0) is 6.42 Å². The maximum absolute atomic E-state index is 9.33. The molecule has 3 nitrogen and oxygen atoms in total. The fraction of sp³-hybridized carbons (Fsp3) is 0.235. The Balaban J connectivity index is 2.12. The first kappa shape index (κ1) is 12.6. The number of anilines is 3. The van der Waals surface area contributed by atoms with E-state index in [1.165, 1.54) is 16.8 Å². The van der Waals surface area contributed by atoms with Gasteiger partial charge in [-0.3, -0.25) is 0 Å². The van der Waals surface area contributed by atoms with Crippen LogP contribution in [0.2, 0.25) is 0 Å². The van der Waals surface area contributed by atoms with Gasteiger partial charge in [-0.2, -0.15) is 5.26 Å². The Kier molecular flexibility index (Phi) is 3.08. The van der Waals surface area contributed by atoms with E-state index in [0.29, 0.717) is 11.3 Å². The highest BCUT2D eigenvalue weighted by molar-refractivity contribution is 5.74. The molecule has 3 rings (SSSR count). The number of hydrogen-bond acceptors (Lipinski definition) is 3. The number of nitrogen functional groups attached to an aromatic ring is 1. The van der Waals surface area contributed by atoms with Gasteiger partial charge in [0.2, 0.25) is 0 Å². The van der Waals surface area contributed by atoms with Crippen molar-refractivity contribution in [3.8, 4) is 6.07 Å². The summed E-state index contributed by atoms with van der Waals surface area (Å²) >= 11 is 0. The predicted octanol–water partition coefficient (Wildman–Crippen LogP) is 3.53. The van der Waals surface area contributed by atoms with E-state index in [-0.39, 0.29) is 0 Å². The molecule has 0 atom stereocenters. The van der Waals surface area contributed by atoms with Crippen molar-refractivity contribution in [2.75, 3.05) is 17.2 Å². The molecule has 0 saturated carbocycles. The van der Waals surface area contributed by atoms with E-state index in [9.17, 15) is 5.26 Å². The molecular formula is C17H17N3. The van der Waals surface area contributed by atoms with Crippen molar-refractivity contribution in [2.24, 2.45) is 0 Å². The van der Waals surface area contributed by atoms with Gasteiger partial charge in [-0.05, 0) is 49.6 Å². The molecule has 0 aliphatic carbocycles. The summed E-state index contributed by atoms with van der Waals surface area (Å²) in [5.74, 6) is 0. The highest BCUT2D eigenvalue weighted by atomic mass is 15.1. The predicted molar refractivity (Wildman–Crippen MR) is 82.1 cm³/mol. The smallest absolute Gasteiger partial charge is 0.101 e. The van der Waals surface area contributed by atoms with Crippen molar-refractivity contribution in [3.63, 3.8) is 0 Å². The summed E-state index contributed by atoms with van der Waals surface area (Å²) in [5.41, 5.74) is 11.8. The molecule has 1 heterocycles. The van der Waals surface area contributed by atoms with E-state index in [0.717, 1.165) is 25.1 Å². The van der Waals surface area contributed by atoms with Crippen LogP contribution in [0.5, 0.6) is 0 Å². The van der Waals surface area contributed by atoms with Crippen LogP contribution in [0.4, 0.5) is 17.1 Å². The molecule has 0 spiro atoms. The summed E-state index contributed by atoms with van der Waals surface area (Å²) in [4.78, 5) is 2.23. The van der Waals surface area contributed by atoms with Crippen LogP contribution in [0.1, 0.15) is 23.1 Å². The van der Waals surface area contributed by atoms with Crippen molar-refractivity contribution in [1.82, 2.24) is 0 Å². The zero-order chi connectivity index (χ0) is 14.1. The van der Waals surface area contributed by atoms with E-state index >= 15 is 0 Å². The molecule has 0 radical (unpaired) electrons. The van der Waals surface area contributed by atoms with Crippen LogP contribution in [0.3, 0.4) is 0 Å². The van der Waals surface area contributed by atoms with Gasteiger partial charge in [0.1, 0.15) is 6.07 Å². The molecule has 100 valence electrons. The van der Waals surface area contributed by atoms with Crippen LogP contribution >= 0.6 is 0 Å². The Labute approximate surface area is 119 Å². The Morgan fingerprint density at radius 1 is 1.15 bits per heavy atom. The van der Waals surface area contributed by atoms with Crippen LogP contribution in [0.15, 0.2) is 36.4 Å². The molecule has 3 heteroatoms. The minimum absolute atomic E-state index is 0.631. The monoisotopic (exact) mass is 263 g/mol. The average Bonchev–Trinajstić information content (AvgIpc) is 2.46. The Hall–Kier alpha value is -2.47. The number of nitrogens with two attached hydrogens (primary N) is 1. The third-order valence-corrected chi connectivity index (χ3v) is 3.79. The van der Waals surface area contributed by atoms with Crippen molar-refractivity contribution >= 4 is 17.1 Å². The maximum Gasteiger partial charge on any atom is 0.101 e. The average molecular weight is 263 g/mol. The minimum Gasteiger partial charge on any atom is -0.399 e. The molecule has 0 amide bonds. The Morgan fingerprint density at radius 3 is 2.75 bits per heavy atom. The van der Waals surface area contributed by atoms with Crippen LogP contribution in [0, 0.1) is 18.3 Å². The van der Waals surface area contributed by atoms with Crippen LogP contribution < -0.4 is 10.6 Å². The third-order valence-electron chi connectivity index (χ3n) is 3.79. The third kappa shape index (κ3) is 2.10. The highest BCUT2D eigenvalue weighted by Gasteiger charge is 2.20. The second-order valence-electron chi connectivity index (χ2n) is 5.28. The van der Waals surface area contributed by atoms with Crippen molar-refractivity contribution in [2.45, 2.75) is 19.8 Å². The number of rotatable bonds is 1. The SMILES string of the molecule is Cc1ccc2c(c1)CCCN2c1ccc(N)cc1C#N. The Morgan fingerprint density at radius 2 is 1.95 bits per heavy atom. The Bertz CT molecular complexity index is 698.